The van der Waals surface area contributed by atoms with Gasteiger partial charge in [-0.2, -0.15) is 0 Å². The number of ether oxygens (including phenoxy) is 1. The van der Waals surface area contributed by atoms with Crippen LogP contribution >= 0.6 is 0 Å². The van der Waals surface area contributed by atoms with Crippen LogP contribution in [0.15, 0.2) is 24.3 Å². The molecule has 1 aliphatic carbocycles. The van der Waals surface area contributed by atoms with Crippen molar-refractivity contribution in [3.05, 3.63) is 47.0 Å². The van der Waals surface area contributed by atoms with Gasteiger partial charge in [0.15, 0.2) is 5.82 Å². The fraction of sp³-hybridized carbons (Fsp3) is 0.500. The van der Waals surface area contributed by atoms with E-state index in [2.05, 4.69) is 15.5 Å². The maximum absolute atomic E-state index is 12.4. The van der Waals surface area contributed by atoms with Crippen LogP contribution in [0.2, 0.25) is 0 Å². The first-order valence-electron chi connectivity index (χ1n) is 8.52. The van der Waals surface area contributed by atoms with Crippen LogP contribution in [0.5, 0.6) is 0 Å². The molecule has 0 spiro atoms. The molecule has 3 rings (SSSR count). The molecular formula is C18H24N4O3. The van der Waals surface area contributed by atoms with Gasteiger partial charge in [0.1, 0.15) is 12.4 Å². The van der Waals surface area contributed by atoms with E-state index in [0.717, 1.165) is 29.8 Å². The highest BCUT2D eigenvalue weighted by Gasteiger charge is 2.35. The maximum atomic E-state index is 12.4. The van der Waals surface area contributed by atoms with Crippen LogP contribution in [-0.2, 0) is 17.9 Å². The number of nitrogens with one attached hydrogen (secondary N) is 1. The van der Waals surface area contributed by atoms with Gasteiger partial charge in [0.05, 0.1) is 6.61 Å². The smallest absolute Gasteiger partial charge is 0.251 e. The number of aliphatic hydroxyl groups is 1. The fourth-order valence-electron chi connectivity index (χ4n) is 3.23. The molecule has 0 radical (unpaired) electrons. The van der Waals surface area contributed by atoms with Crippen molar-refractivity contribution in [1.29, 1.82) is 0 Å². The normalized spacial score (nSPS) is 19.5. The molecule has 2 aromatic rings. The van der Waals surface area contributed by atoms with Crippen molar-refractivity contribution < 1.29 is 14.6 Å². The van der Waals surface area contributed by atoms with Crippen molar-refractivity contribution in [2.45, 2.75) is 44.9 Å². The summed E-state index contributed by atoms with van der Waals surface area (Å²) >= 11 is 0. The Kier molecular flexibility index (Phi) is 5.45. The Bertz CT molecular complexity index is 738. The molecule has 1 amide bonds. The van der Waals surface area contributed by atoms with E-state index in [-0.39, 0.29) is 24.5 Å². The third-order valence-electron chi connectivity index (χ3n) is 4.74. The number of benzene rings is 1. The summed E-state index contributed by atoms with van der Waals surface area (Å²) in [6.45, 7) is 2.95. The number of aromatic nitrogens is 3. The Hall–Kier alpha value is -2.25. The number of amides is 1. The molecule has 2 N–H and O–H groups in total. The van der Waals surface area contributed by atoms with Gasteiger partial charge in [-0.15, -0.1) is 10.2 Å². The number of rotatable bonds is 7. The first-order valence-corrected chi connectivity index (χ1v) is 8.52. The molecule has 1 aliphatic rings. The lowest BCUT2D eigenvalue weighted by atomic mass is 9.79. The minimum atomic E-state index is -0.142. The monoisotopic (exact) mass is 344 g/mol. The van der Waals surface area contributed by atoms with Crippen molar-refractivity contribution in [2.75, 3.05) is 13.7 Å². The van der Waals surface area contributed by atoms with Crippen molar-refractivity contribution >= 4 is 5.91 Å². The number of aliphatic hydroxyl groups excluding tert-OH is 1. The lowest BCUT2D eigenvalue weighted by Crippen LogP contribution is -2.44. The van der Waals surface area contributed by atoms with Crippen LogP contribution in [0.3, 0.4) is 0 Å². The van der Waals surface area contributed by atoms with Gasteiger partial charge in [0.2, 0.25) is 0 Å². The summed E-state index contributed by atoms with van der Waals surface area (Å²) < 4.78 is 7.04. The standard InChI is InChI=1S/C18H24N4O3/c1-12-5-3-4-6-15(12)18(24)19-14-9-13(10-14)17-21-20-16(11-23)22(17)7-8-25-2/h3-6,13-14,23H,7-11H2,1-2H3,(H,19,24). The second-order valence-corrected chi connectivity index (χ2v) is 6.43. The summed E-state index contributed by atoms with van der Waals surface area (Å²) in [5.41, 5.74) is 1.69. The Morgan fingerprint density at radius 1 is 1.36 bits per heavy atom. The van der Waals surface area contributed by atoms with Crippen molar-refractivity contribution in [2.24, 2.45) is 0 Å². The van der Waals surface area contributed by atoms with Crippen molar-refractivity contribution in [1.82, 2.24) is 20.1 Å². The number of carbonyl (C=O) groups excluding carboxylic acids is 1. The molecule has 1 aromatic carbocycles. The van der Waals surface area contributed by atoms with Gasteiger partial charge >= 0.3 is 0 Å². The van der Waals surface area contributed by atoms with E-state index in [1.807, 2.05) is 35.8 Å². The van der Waals surface area contributed by atoms with Crippen LogP contribution in [0.4, 0.5) is 0 Å². The minimum absolute atomic E-state index is 0.0292. The van der Waals surface area contributed by atoms with E-state index in [1.165, 1.54) is 0 Å². The molecule has 134 valence electrons. The molecule has 1 aromatic heterocycles. The predicted octanol–water partition coefficient (Wildman–Crippen LogP) is 1.40. The molecule has 7 nitrogen and oxygen atoms in total. The maximum Gasteiger partial charge on any atom is 0.251 e. The molecule has 0 aliphatic heterocycles. The Morgan fingerprint density at radius 3 is 2.80 bits per heavy atom. The Labute approximate surface area is 147 Å². The number of aryl methyl sites for hydroxylation is 1. The first kappa shape index (κ1) is 17.6. The Balaban J connectivity index is 1.60. The summed E-state index contributed by atoms with van der Waals surface area (Å²) in [5.74, 6) is 1.63. The number of nitrogens with zero attached hydrogens (tertiary/aromatic N) is 3. The van der Waals surface area contributed by atoms with Gasteiger partial charge in [0, 0.05) is 31.2 Å². The van der Waals surface area contributed by atoms with Gasteiger partial charge in [0.25, 0.3) is 5.91 Å². The molecule has 1 saturated carbocycles. The highest BCUT2D eigenvalue weighted by atomic mass is 16.5. The zero-order valence-corrected chi connectivity index (χ0v) is 14.6. The minimum Gasteiger partial charge on any atom is -0.388 e. The summed E-state index contributed by atoms with van der Waals surface area (Å²) in [4.78, 5) is 12.4. The zero-order chi connectivity index (χ0) is 17.8. The van der Waals surface area contributed by atoms with Crippen molar-refractivity contribution in [3.63, 3.8) is 0 Å². The lowest BCUT2D eigenvalue weighted by molar-refractivity contribution is 0.0905. The largest absolute Gasteiger partial charge is 0.388 e. The molecule has 0 bridgehead atoms. The van der Waals surface area contributed by atoms with E-state index in [0.29, 0.717) is 19.0 Å². The van der Waals surface area contributed by atoms with Gasteiger partial charge < -0.3 is 19.7 Å². The third-order valence-corrected chi connectivity index (χ3v) is 4.74. The number of methoxy groups -OCH3 is 1. The van der Waals surface area contributed by atoms with Crippen LogP contribution < -0.4 is 5.32 Å². The average molecular weight is 344 g/mol. The van der Waals surface area contributed by atoms with E-state index < -0.39 is 0 Å². The van der Waals surface area contributed by atoms with Crippen LogP contribution in [0.25, 0.3) is 0 Å². The first-order chi connectivity index (χ1) is 12.1. The topological polar surface area (TPSA) is 89.3 Å². The number of hydrogen-bond donors (Lipinski definition) is 2. The lowest BCUT2D eigenvalue weighted by Gasteiger charge is -2.35. The predicted molar refractivity (Wildman–Crippen MR) is 92.2 cm³/mol. The quantitative estimate of drug-likeness (QED) is 0.792. The molecule has 25 heavy (non-hydrogen) atoms. The SMILES string of the molecule is COCCn1c(CO)nnc1C1CC(NC(=O)c2ccccc2C)C1. The molecule has 7 heteroatoms. The molecule has 0 saturated heterocycles. The average Bonchev–Trinajstić information content (AvgIpc) is 2.98. The summed E-state index contributed by atoms with van der Waals surface area (Å²) in [7, 11) is 1.64. The van der Waals surface area contributed by atoms with Crippen molar-refractivity contribution in [3.8, 4) is 0 Å². The molecule has 1 heterocycles. The van der Waals surface area contributed by atoms with Gasteiger partial charge in [-0.1, -0.05) is 18.2 Å². The summed E-state index contributed by atoms with van der Waals surface area (Å²) in [5, 5.41) is 20.8. The van der Waals surface area contributed by atoms with Gasteiger partial charge in [-0.3, -0.25) is 4.79 Å². The molecule has 1 fully saturated rings. The Morgan fingerprint density at radius 2 is 2.12 bits per heavy atom. The molecular weight excluding hydrogens is 320 g/mol. The summed E-state index contributed by atoms with van der Waals surface area (Å²) in [6, 6.07) is 7.72. The van der Waals surface area contributed by atoms with Gasteiger partial charge in [-0.25, -0.2) is 0 Å². The fourth-order valence-corrected chi connectivity index (χ4v) is 3.23. The van der Waals surface area contributed by atoms with E-state index in [9.17, 15) is 9.90 Å². The highest BCUT2D eigenvalue weighted by molar-refractivity contribution is 5.95. The summed E-state index contributed by atoms with van der Waals surface area (Å²) in [6.07, 6.45) is 1.66. The zero-order valence-electron chi connectivity index (χ0n) is 14.6. The third kappa shape index (κ3) is 3.72. The second-order valence-electron chi connectivity index (χ2n) is 6.43. The highest BCUT2D eigenvalue weighted by Crippen LogP contribution is 2.36. The van der Waals surface area contributed by atoms with Gasteiger partial charge in [-0.05, 0) is 31.4 Å². The van der Waals surface area contributed by atoms with Crippen LogP contribution in [0, 0.1) is 6.92 Å². The van der Waals surface area contributed by atoms with Crippen LogP contribution in [-0.4, -0.2) is 45.5 Å². The number of hydrogen-bond acceptors (Lipinski definition) is 5. The van der Waals surface area contributed by atoms with E-state index in [4.69, 9.17) is 4.74 Å². The second kappa shape index (κ2) is 7.76. The number of carbonyl (C=O) groups is 1. The van der Waals surface area contributed by atoms with E-state index >= 15 is 0 Å². The molecule has 0 unspecified atom stereocenters. The van der Waals surface area contributed by atoms with E-state index in [1.54, 1.807) is 7.11 Å². The molecule has 0 atom stereocenters. The van der Waals surface area contributed by atoms with Crippen LogP contribution in [0.1, 0.15) is 46.3 Å².